The monoisotopic (exact) mass is 419 g/mol. The average Bonchev–Trinajstić information content (AvgIpc) is 2.78. The largest absolute Gasteiger partial charge is 0.505 e. The molecule has 5 N–H and O–H groups in total. The third-order valence-corrected chi connectivity index (χ3v) is 4.37. The summed E-state index contributed by atoms with van der Waals surface area (Å²) in [6.07, 6.45) is 1.17. The lowest BCUT2D eigenvalue weighted by Crippen LogP contribution is -2.36. The van der Waals surface area contributed by atoms with E-state index >= 15 is 0 Å². The summed E-state index contributed by atoms with van der Waals surface area (Å²) in [5, 5.41) is 29.9. The Kier molecular flexibility index (Phi) is 6.37. The highest BCUT2D eigenvalue weighted by Gasteiger charge is 2.20. The van der Waals surface area contributed by atoms with Gasteiger partial charge < -0.3 is 16.2 Å². The third-order valence-electron chi connectivity index (χ3n) is 4.37. The summed E-state index contributed by atoms with van der Waals surface area (Å²) in [6.45, 7) is -0.379. The van der Waals surface area contributed by atoms with Crippen molar-refractivity contribution in [3.63, 3.8) is 0 Å². The number of nitrogens with one attached hydrogen (secondary N) is 2. The van der Waals surface area contributed by atoms with Gasteiger partial charge in [0.2, 0.25) is 5.91 Å². The number of carbonyl (C=O) groups is 1. The van der Waals surface area contributed by atoms with Crippen molar-refractivity contribution in [1.82, 2.24) is 9.97 Å². The molecule has 0 spiro atoms. The van der Waals surface area contributed by atoms with Gasteiger partial charge >= 0.3 is 0 Å². The van der Waals surface area contributed by atoms with Crippen LogP contribution in [0.15, 0.2) is 54.9 Å². The number of nitrogens with two attached hydrogens (primary N) is 1. The smallest absolute Gasteiger partial charge is 0.247 e. The summed E-state index contributed by atoms with van der Waals surface area (Å²) in [6, 6.07) is 14.1. The Morgan fingerprint density at radius 2 is 2.00 bits per heavy atom. The molecule has 0 unspecified atom stereocenters. The van der Waals surface area contributed by atoms with E-state index in [1.54, 1.807) is 30.3 Å². The van der Waals surface area contributed by atoms with Crippen molar-refractivity contribution in [2.24, 2.45) is 0 Å². The van der Waals surface area contributed by atoms with Crippen LogP contribution in [0.2, 0.25) is 0 Å². The predicted molar refractivity (Wildman–Crippen MR) is 113 cm³/mol. The number of carbonyl (C=O) groups excluding carboxylic acids is 1. The molecule has 9 nitrogen and oxygen atoms in total. The van der Waals surface area contributed by atoms with Gasteiger partial charge in [-0.15, -0.1) is 0 Å². The molecule has 1 aromatic heterocycles. The van der Waals surface area contributed by atoms with Gasteiger partial charge in [0, 0.05) is 11.3 Å². The minimum absolute atomic E-state index is 0.0318. The van der Waals surface area contributed by atoms with Crippen LogP contribution in [0.25, 0.3) is 0 Å². The van der Waals surface area contributed by atoms with Crippen LogP contribution < -0.4 is 16.0 Å². The summed E-state index contributed by atoms with van der Waals surface area (Å²) in [7, 11) is 0. The third kappa shape index (κ3) is 4.73. The fraction of sp³-hybridized carbons (Fsp3) is 0.0952. The topological polar surface area (TPSA) is 152 Å². The number of rotatable bonds is 7. The lowest BCUT2D eigenvalue weighted by Gasteiger charge is -2.20. The molecule has 0 radical (unpaired) electrons. The molecule has 3 rings (SSSR count). The lowest BCUT2D eigenvalue weighted by atomic mass is 10.0. The summed E-state index contributed by atoms with van der Waals surface area (Å²) >= 11 is 0. The van der Waals surface area contributed by atoms with Crippen molar-refractivity contribution in [3.8, 4) is 11.8 Å². The highest BCUT2D eigenvalue weighted by molar-refractivity contribution is 6.16. The number of nitrogens with zero attached hydrogens (tertiary/aromatic N) is 4. The number of para-hydroxylation sites is 1. The quantitative estimate of drug-likeness (QED) is 0.339. The van der Waals surface area contributed by atoms with E-state index in [4.69, 9.17) is 16.4 Å². The van der Waals surface area contributed by atoms with Crippen molar-refractivity contribution < 1.29 is 14.3 Å². The van der Waals surface area contributed by atoms with Crippen LogP contribution in [0.5, 0.6) is 5.75 Å². The molecule has 156 valence electrons. The normalized spacial score (nSPS) is 10.2. The van der Waals surface area contributed by atoms with E-state index in [2.05, 4.69) is 15.3 Å². The predicted octanol–water partition coefficient (Wildman–Crippen LogP) is 2.29. The molecule has 0 aliphatic heterocycles. The van der Waals surface area contributed by atoms with E-state index in [9.17, 15) is 14.3 Å². The lowest BCUT2D eigenvalue weighted by molar-refractivity contribution is -0.116. The van der Waals surface area contributed by atoms with Crippen molar-refractivity contribution in [3.05, 3.63) is 71.8 Å². The Morgan fingerprint density at radius 3 is 2.68 bits per heavy atom. The molecule has 0 atom stereocenters. The maximum atomic E-state index is 13.4. The molecule has 10 heteroatoms. The van der Waals surface area contributed by atoms with Gasteiger partial charge in [0.05, 0.1) is 23.9 Å². The summed E-state index contributed by atoms with van der Waals surface area (Å²) in [5.41, 5.74) is 6.60. The van der Waals surface area contributed by atoms with Crippen LogP contribution in [-0.2, 0) is 4.79 Å². The van der Waals surface area contributed by atoms with Crippen LogP contribution in [0.4, 0.5) is 21.7 Å². The van der Waals surface area contributed by atoms with Crippen molar-refractivity contribution in [2.75, 3.05) is 29.0 Å². The van der Waals surface area contributed by atoms with Gasteiger partial charge in [0.1, 0.15) is 24.5 Å². The van der Waals surface area contributed by atoms with Gasteiger partial charge in [-0.05, 0) is 30.3 Å². The number of benzene rings is 2. The molecule has 31 heavy (non-hydrogen) atoms. The zero-order chi connectivity index (χ0) is 22.4. The number of amides is 1. The standard InChI is InChI=1S/C21H18FN7O2/c22-15-7-6-13(10-16(15)30)19(24)18-20(25)27-12-28-21(18)26-11-17(31)29(9-8-23)14-4-2-1-3-5-14/h1-7,10,12,24,30H,9,11H2,(H3,25,26,27,28). The molecule has 0 aliphatic rings. The Hall–Kier alpha value is -4.52. The molecular weight excluding hydrogens is 401 g/mol. The van der Waals surface area contributed by atoms with Crippen molar-refractivity contribution in [2.45, 2.75) is 0 Å². The van der Waals surface area contributed by atoms with E-state index in [0.29, 0.717) is 5.69 Å². The molecule has 0 saturated carbocycles. The number of phenols is 1. The van der Waals surface area contributed by atoms with Crippen LogP contribution in [0.1, 0.15) is 11.1 Å². The Bertz CT molecular complexity index is 1160. The molecule has 1 amide bonds. The highest BCUT2D eigenvalue weighted by Crippen LogP contribution is 2.24. The number of anilines is 3. The fourth-order valence-electron chi connectivity index (χ4n) is 2.85. The molecule has 0 fully saturated rings. The van der Waals surface area contributed by atoms with Crippen molar-refractivity contribution >= 4 is 28.9 Å². The Balaban J connectivity index is 1.85. The first-order valence-electron chi connectivity index (χ1n) is 9.07. The number of phenolic OH excluding ortho intramolecular Hbond substituents is 1. The first-order chi connectivity index (χ1) is 14.9. The maximum absolute atomic E-state index is 13.4. The minimum atomic E-state index is -0.823. The number of nitriles is 1. The van der Waals surface area contributed by atoms with E-state index in [-0.39, 0.29) is 41.6 Å². The molecule has 0 saturated heterocycles. The van der Waals surface area contributed by atoms with Gasteiger partial charge in [-0.3, -0.25) is 15.1 Å². The number of hydrogen-bond donors (Lipinski definition) is 4. The number of aromatic hydroxyl groups is 1. The molecule has 0 aliphatic carbocycles. The van der Waals surface area contributed by atoms with E-state index in [1.165, 1.54) is 17.3 Å². The Morgan fingerprint density at radius 1 is 1.26 bits per heavy atom. The fourth-order valence-corrected chi connectivity index (χ4v) is 2.85. The second kappa shape index (κ2) is 9.32. The molecule has 3 aromatic rings. The second-order valence-electron chi connectivity index (χ2n) is 6.35. The number of nitrogen functional groups attached to an aromatic ring is 1. The highest BCUT2D eigenvalue weighted by atomic mass is 19.1. The summed E-state index contributed by atoms with van der Waals surface area (Å²) in [4.78, 5) is 22.0. The zero-order valence-electron chi connectivity index (χ0n) is 16.2. The van der Waals surface area contributed by atoms with Crippen LogP contribution in [-0.4, -0.2) is 39.8 Å². The van der Waals surface area contributed by atoms with E-state index < -0.39 is 17.5 Å². The van der Waals surface area contributed by atoms with Gasteiger partial charge in [0.15, 0.2) is 11.6 Å². The van der Waals surface area contributed by atoms with Crippen LogP contribution in [0.3, 0.4) is 0 Å². The first-order valence-corrected chi connectivity index (χ1v) is 9.07. The van der Waals surface area contributed by atoms with Gasteiger partial charge in [-0.2, -0.15) is 5.26 Å². The first kappa shape index (κ1) is 21.2. The van der Waals surface area contributed by atoms with Crippen molar-refractivity contribution in [1.29, 1.82) is 10.7 Å². The van der Waals surface area contributed by atoms with Crippen LogP contribution in [0, 0.1) is 22.6 Å². The van der Waals surface area contributed by atoms with E-state index in [1.807, 2.05) is 6.07 Å². The van der Waals surface area contributed by atoms with Gasteiger partial charge in [-0.1, -0.05) is 18.2 Å². The summed E-state index contributed by atoms with van der Waals surface area (Å²) < 4.78 is 13.4. The zero-order valence-corrected chi connectivity index (χ0v) is 16.2. The molecular formula is C21H18FN7O2. The van der Waals surface area contributed by atoms with Crippen LogP contribution >= 0.6 is 0 Å². The minimum Gasteiger partial charge on any atom is -0.505 e. The van der Waals surface area contributed by atoms with Gasteiger partial charge in [0.25, 0.3) is 0 Å². The average molecular weight is 419 g/mol. The molecule has 0 bridgehead atoms. The number of aromatic nitrogens is 2. The number of hydrogen-bond acceptors (Lipinski definition) is 8. The van der Waals surface area contributed by atoms with E-state index in [0.717, 1.165) is 12.1 Å². The summed E-state index contributed by atoms with van der Waals surface area (Å²) in [5.74, 6) is -1.76. The second-order valence-corrected chi connectivity index (χ2v) is 6.35. The molecule has 2 aromatic carbocycles. The molecule has 1 heterocycles. The SMILES string of the molecule is N#CCN(C(=O)CNc1ncnc(N)c1C(=N)c1ccc(F)c(O)c1)c1ccccc1. The number of halogens is 1. The Labute approximate surface area is 177 Å². The maximum Gasteiger partial charge on any atom is 0.247 e. The van der Waals surface area contributed by atoms with Gasteiger partial charge in [-0.25, -0.2) is 14.4 Å².